The maximum atomic E-state index is 11.9. The van der Waals surface area contributed by atoms with Gasteiger partial charge in [0.1, 0.15) is 5.54 Å². The lowest BCUT2D eigenvalue weighted by Gasteiger charge is -2.49. The van der Waals surface area contributed by atoms with Gasteiger partial charge in [0.05, 0.1) is 0 Å². The molecule has 0 amide bonds. The van der Waals surface area contributed by atoms with Gasteiger partial charge < -0.3 is 15.7 Å². The van der Waals surface area contributed by atoms with E-state index in [0.29, 0.717) is 0 Å². The van der Waals surface area contributed by atoms with Crippen molar-refractivity contribution in [1.82, 2.24) is 15.5 Å². The topological polar surface area (TPSA) is 64.6 Å². The van der Waals surface area contributed by atoms with E-state index in [1.165, 1.54) is 0 Å². The van der Waals surface area contributed by atoms with Crippen LogP contribution in [0.3, 0.4) is 0 Å². The van der Waals surface area contributed by atoms with Gasteiger partial charge in [-0.25, -0.2) is 0 Å². The van der Waals surface area contributed by atoms with Crippen molar-refractivity contribution >= 4 is 18.4 Å². The fraction of sp³-hybridized carbons (Fsp3) is 0.917. The van der Waals surface area contributed by atoms with Gasteiger partial charge in [0.15, 0.2) is 0 Å². The maximum absolute atomic E-state index is 11.9. The highest BCUT2D eigenvalue weighted by atomic mass is 35.5. The van der Waals surface area contributed by atoms with Gasteiger partial charge in [0, 0.05) is 38.6 Å². The van der Waals surface area contributed by atoms with Crippen LogP contribution >= 0.6 is 12.4 Å². The predicted octanol–water partition coefficient (Wildman–Crippen LogP) is 0.156. The number of piperazine rings is 1. The summed E-state index contributed by atoms with van der Waals surface area (Å²) in [4.78, 5) is 14.1. The Kier molecular flexibility index (Phi) is 5.85. The molecule has 0 aromatic carbocycles. The molecule has 2 saturated heterocycles. The van der Waals surface area contributed by atoms with Crippen LogP contribution in [0.2, 0.25) is 0 Å². The van der Waals surface area contributed by atoms with Crippen LogP contribution in [-0.2, 0) is 4.79 Å². The summed E-state index contributed by atoms with van der Waals surface area (Å²) in [5.41, 5.74) is -0.637. The van der Waals surface area contributed by atoms with E-state index in [-0.39, 0.29) is 18.3 Å². The molecule has 2 aliphatic heterocycles. The highest BCUT2D eigenvalue weighted by Crippen LogP contribution is 2.34. The fourth-order valence-electron chi connectivity index (χ4n) is 3.31. The Morgan fingerprint density at radius 3 is 2.56 bits per heavy atom. The van der Waals surface area contributed by atoms with Crippen molar-refractivity contribution in [3.8, 4) is 0 Å². The lowest BCUT2D eigenvalue weighted by atomic mass is 9.75. The Labute approximate surface area is 115 Å². The summed E-state index contributed by atoms with van der Waals surface area (Å²) in [6.07, 6.45) is 1.64. The van der Waals surface area contributed by atoms with Crippen LogP contribution in [0.4, 0.5) is 0 Å². The van der Waals surface area contributed by atoms with Gasteiger partial charge in [0.2, 0.25) is 0 Å². The first-order valence-electron chi connectivity index (χ1n) is 6.61. The van der Waals surface area contributed by atoms with Crippen LogP contribution in [0.5, 0.6) is 0 Å². The zero-order valence-corrected chi connectivity index (χ0v) is 11.8. The minimum atomic E-state index is -0.637. The SMILES string of the molecule is CCC1CNCCC1(C(=O)O)N1CCNCC1.Cl. The molecule has 2 fully saturated rings. The monoisotopic (exact) mass is 277 g/mol. The molecule has 3 N–H and O–H groups in total. The Morgan fingerprint density at radius 1 is 1.33 bits per heavy atom. The van der Waals surface area contributed by atoms with Crippen molar-refractivity contribution in [2.45, 2.75) is 25.3 Å². The number of nitrogens with zero attached hydrogens (tertiary/aromatic N) is 1. The highest BCUT2D eigenvalue weighted by Gasteiger charge is 2.50. The standard InChI is InChI=1S/C12H23N3O2.ClH/c1-2-10-9-14-4-3-12(10,11(16)17)15-7-5-13-6-8-15;/h10,13-14H,2-9H2,1H3,(H,16,17);1H. The number of piperidine rings is 1. The first-order valence-corrected chi connectivity index (χ1v) is 6.61. The van der Waals surface area contributed by atoms with Gasteiger partial charge in [0.25, 0.3) is 0 Å². The van der Waals surface area contributed by atoms with Crippen molar-refractivity contribution in [1.29, 1.82) is 0 Å². The molecule has 6 heteroatoms. The van der Waals surface area contributed by atoms with Crippen molar-refractivity contribution in [2.75, 3.05) is 39.3 Å². The van der Waals surface area contributed by atoms with E-state index in [0.717, 1.165) is 52.1 Å². The van der Waals surface area contributed by atoms with Crippen LogP contribution in [0.25, 0.3) is 0 Å². The molecule has 2 heterocycles. The molecule has 2 rings (SSSR count). The molecule has 106 valence electrons. The van der Waals surface area contributed by atoms with Crippen LogP contribution in [0, 0.1) is 5.92 Å². The number of aliphatic carboxylic acids is 1. The number of nitrogens with one attached hydrogen (secondary N) is 2. The number of hydrogen-bond acceptors (Lipinski definition) is 4. The van der Waals surface area contributed by atoms with E-state index >= 15 is 0 Å². The van der Waals surface area contributed by atoms with Crippen molar-refractivity contribution in [3.63, 3.8) is 0 Å². The third kappa shape index (κ3) is 2.64. The largest absolute Gasteiger partial charge is 0.480 e. The summed E-state index contributed by atoms with van der Waals surface area (Å²) in [5, 5.41) is 16.4. The van der Waals surface area contributed by atoms with Crippen molar-refractivity contribution < 1.29 is 9.90 Å². The average molecular weight is 278 g/mol. The van der Waals surface area contributed by atoms with Gasteiger partial charge >= 0.3 is 5.97 Å². The third-order valence-corrected chi connectivity index (χ3v) is 4.29. The zero-order valence-electron chi connectivity index (χ0n) is 10.9. The Bertz CT molecular complexity index is 284. The van der Waals surface area contributed by atoms with Gasteiger partial charge in [-0.15, -0.1) is 12.4 Å². The maximum Gasteiger partial charge on any atom is 0.324 e. The summed E-state index contributed by atoms with van der Waals surface area (Å²) in [6.45, 7) is 7.24. The molecule has 2 unspecified atom stereocenters. The molecule has 2 atom stereocenters. The number of hydrogen-bond donors (Lipinski definition) is 3. The Morgan fingerprint density at radius 2 is 2.00 bits per heavy atom. The van der Waals surface area contributed by atoms with Crippen LogP contribution < -0.4 is 10.6 Å². The summed E-state index contributed by atoms with van der Waals surface area (Å²) in [5.74, 6) is -0.417. The zero-order chi connectivity index (χ0) is 12.3. The first-order chi connectivity index (χ1) is 8.21. The third-order valence-electron chi connectivity index (χ3n) is 4.29. The molecule has 5 nitrogen and oxygen atoms in total. The summed E-state index contributed by atoms with van der Waals surface area (Å²) in [6, 6.07) is 0. The predicted molar refractivity (Wildman–Crippen MR) is 73.3 cm³/mol. The van der Waals surface area contributed by atoms with Crippen LogP contribution in [0.1, 0.15) is 19.8 Å². The summed E-state index contributed by atoms with van der Waals surface area (Å²) < 4.78 is 0. The van der Waals surface area contributed by atoms with Gasteiger partial charge in [-0.3, -0.25) is 9.69 Å². The molecule has 0 aromatic rings. The molecule has 0 aliphatic carbocycles. The van der Waals surface area contributed by atoms with E-state index in [2.05, 4.69) is 22.5 Å². The van der Waals surface area contributed by atoms with Crippen LogP contribution in [-0.4, -0.2) is 60.8 Å². The molecule has 0 spiro atoms. The van der Waals surface area contributed by atoms with Crippen molar-refractivity contribution in [2.24, 2.45) is 5.92 Å². The lowest BCUT2D eigenvalue weighted by molar-refractivity contribution is -0.159. The lowest BCUT2D eigenvalue weighted by Crippen LogP contribution is -2.67. The molecular formula is C12H24ClN3O2. The van der Waals surface area contributed by atoms with Gasteiger partial charge in [-0.05, 0) is 19.4 Å². The second-order valence-electron chi connectivity index (χ2n) is 5.03. The molecule has 18 heavy (non-hydrogen) atoms. The number of carboxylic acids is 1. The highest BCUT2D eigenvalue weighted by molar-refractivity contribution is 5.85. The van der Waals surface area contributed by atoms with Gasteiger partial charge in [-0.2, -0.15) is 0 Å². The van der Waals surface area contributed by atoms with Crippen LogP contribution in [0.15, 0.2) is 0 Å². The van der Waals surface area contributed by atoms with E-state index in [4.69, 9.17) is 0 Å². The minimum Gasteiger partial charge on any atom is -0.480 e. The quantitative estimate of drug-likeness (QED) is 0.686. The Balaban J connectivity index is 0.00000162. The molecule has 0 radical (unpaired) electrons. The number of carbonyl (C=O) groups is 1. The summed E-state index contributed by atoms with van der Waals surface area (Å²) >= 11 is 0. The number of carboxylic acid groups (broad SMARTS) is 1. The average Bonchev–Trinajstić information content (AvgIpc) is 2.39. The van der Waals surface area contributed by atoms with E-state index in [9.17, 15) is 9.90 Å². The van der Waals surface area contributed by atoms with E-state index < -0.39 is 11.5 Å². The van der Waals surface area contributed by atoms with Crippen molar-refractivity contribution in [3.05, 3.63) is 0 Å². The molecular weight excluding hydrogens is 254 g/mol. The molecule has 0 saturated carbocycles. The fourth-order valence-corrected chi connectivity index (χ4v) is 3.31. The number of rotatable bonds is 3. The molecule has 2 aliphatic rings. The normalized spacial score (nSPS) is 33.7. The Hall–Kier alpha value is -0.360. The minimum absolute atomic E-state index is 0. The smallest absolute Gasteiger partial charge is 0.324 e. The van der Waals surface area contributed by atoms with E-state index in [1.807, 2.05) is 0 Å². The van der Waals surface area contributed by atoms with E-state index in [1.54, 1.807) is 0 Å². The second-order valence-corrected chi connectivity index (χ2v) is 5.03. The number of halogens is 1. The van der Waals surface area contributed by atoms with Gasteiger partial charge in [-0.1, -0.05) is 6.92 Å². The molecule has 0 aromatic heterocycles. The first kappa shape index (κ1) is 15.7. The second kappa shape index (κ2) is 6.70. The summed E-state index contributed by atoms with van der Waals surface area (Å²) in [7, 11) is 0. The molecule has 0 bridgehead atoms.